The average molecular weight is 325 g/mol. The fourth-order valence-corrected chi connectivity index (χ4v) is 3.62. The second-order valence-electron chi connectivity index (χ2n) is 6.66. The van der Waals surface area contributed by atoms with Crippen LogP contribution in [-0.4, -0.2) is 34.3 Å². The predicted octanol–water partition coefficient (Wildman–Crippen LogP) is 2.62. The minimum Gasteiger partial charge on any atom is -0.487 e. The Morgan fingerprint density at radius 3 is 2.96 bits per heavy atom. The minimum absolute atomic E-state index is 0.194. The van der Waals surface area contributed by atoms with Crippen molar-refractivity contribution in [1.82, 2.24) is 9.97 Å². The summed E-state index contributed by atoms with van der Waals surface area (Å²) in [6, 6.07) is 8.18. The van der Waals surface area contributed by atoms with Crippen LogP contribution in [0.5, 0.6) is 5.75 Å². The van der Waals surface area contributed by atoms with Crippen molar-refractivity contribution in [2.45, 2.75) is 45.3 Å². The van der Waals surface area contributed by atoms with Crippen LogP contribution < -0.4 is 9.64 Å². The number of hydrogen-bond donors (Lipinski definition) is 1. The summed E-state index contributed by atoms with van der Waals surface area (Å²) in [4.78, 5) is 11.7. The highest BCUT2D eigenvalue weighted by atomic mass is 16.5. The number of aryl methyl sites for hydroxylation is 1. The van der Waals surface area contributed by atoms with Gasteiger partial charge < -0.3 is 14.7 Å². The zero-order chi connectivity index (χ0) is 16.5. The molecule has 2 aromatic rings. The summed E-state index contributed by atoms with van der Waals surface area (Å²) in [5, 5.41) is 9.94. The van der Waals surface area contributed by atoms with Gasteiger partial charge in [-0.2, -0.15) is 0 Å². The Labute approximate surface area is 142 Å². The van der Waals surface area contributed by atoms with Crippen molar-refractivity contribution >= 4 is 5.82 Å². The molecule has 126 valence electrons. The average Bonchev–Trinajstić information content (AvgIpc) is 2.90. The van der Waals surface area contributed by atoms with Crippen LogP contribution in [0.1, 0.15) is 41.9 Å². The smallest absolute Gasteiger partial charge is 0.136 e. The molecule has 1 aromatic carbocycles. The van der Waals surface area contributed by atoms with E-state index in [1.807, 2.05) is 25.1 Å². The molecular weight excluding hydrogens is 302 g/mol. The molecule has 1 atom stereocenters. The van der Waals surface area contributed by atoms with E-state index in [0.717, 1.165) is 61.9 Å². The van der Waals surface area contributed by atoms with Crippen LogP contribution >= 0.6 is 0 Å². The first-order chi connectivity index (χ1) is 11.7. The second kappa shape index (κ2) is 6.40. The number of aliphatic hydroxyl groups excluding tert-OH is 1. The van der Waals surface area contributed by atoms with Crippen molar-refractivity contribution in [1.29, 1.82) is 0 Å². The van der Waals surface area contributed by atoms with Crippen LogP contribution in [-0.2, 0) is 13.0 Å². The normalized spacial score (nSPS) is 20.4. The van der Waals surface area contributed by atoms with E-state index in [0.29, 0.717) is 6.61 Å². The van der Waals surface area contributed by atoms with Gasteiger partial charge in [-0.3, -0.25) is 0 Å². The summed E-state index contributed by atoms with van der Waals surface area (Å²) >= 11 is 0. The molecule has 5 nitrogen and oxygen atoms in total. The molecule has 0 saturated carbocycles. The molecule has 1 fully saturated rings. The zero-order valence-electron chi connectivity index (χ0n) is 14.0. The number of aliphatic hydroxyl groups is 1. The van der Waals surface area contributed by atoms with Crippen molar-refractivity contribution in [3.63, 3.8) is 0 Å². The lowest BCUT2D eigenvalue weighted by molar-refractivity contribution is 0.161. The summed E-state index contributed by atoms with van der Waals surface area (Å²) in [7, 11) is 0. The number of para-hydroxylation sites is 1. The van der Waals surface area contributed by atoms with Gasteiger partial charge in [0.15, 0.2) is 0 Å². The Morgan fingerprint density at radius 1 is 1.17 bits per heavy atom. The Morgan fingerprint density at radius 2 is 2.04 bits per heavy atom. The van der Waals surface area contributed by atoms with Gasteiger partial charge in [-0.15, -0.1) is 0 Å². The Balaban J connectivity index is 1.75. The Kier molecular flexibility index (Phi) is 4.10. The van der Waals surface area contributed by atoms with Gasteiger partial charge in [0.05, 0.1) is 11.8 Å². The largest absolute Gasteiger partial charge is 0.487 e. The number of ether oxygens (including phenoxy) is 1. The van der Waals surface area contributed by atoms with Gasteiger partial charge in [0.2, 0.25) is 0 Å². The van der Waals surface area contributed by atoms with Gasteiger partial charge in [0.25, 0.3) is 0 Å². The molecule has 0 unspecified atom stereocenters. The summed E-state index contributed by atoms with van der Waals surface area (Å²) in [6.45, 7) is 4.20. The maximum Gasteiger partial charge on any atom is 0.136 e. The summed E-state index contributed by atoms with van der Waals surface area (Å²) in [6.07, 6.45) is 3.26. The molecule has 1 N–H and O–H groups in total. The van der Waals surface area contributed by atoms with Gasteiger partial charge >= 0.3 is 0 Å². The number of aromatic nitrogens is 2. The zero-order valence-corrected chi connectivity index (χ0v) is 14.0. The van der Waals surface area contributed by atoms with E-state index in [9.17, 15) is 5.11 Å². The van der Waals surface area contributed by atoms with Crippen LogP contribution in [0.4, 0.5) is 5.82 Å². The van der Waals surface area contributed by atoms with Gasteiger partial charge in [-0.1, -0.05) is 18.2 Å². The number of fused-ring (bicyclic) bond motifs is 2. The van der Waals surface area contributed by atoms with E-state index in [2.05, 4.69) is 16.0 Å². The summed E-state index contributed by atoms with van der Waals surface area (Å²) in [5.41, 5.74) is 3.33. The number of nitrogens with zero attached hydrogens (tertiary/aromatic N) is 3. The third kappa shape index (κ3) is 2.96. The Hall–Kier alpha value is -2.14. The molecular formula is C19H23N3O2. The third-order valence-electron chi connectivity index (χ3n) is 4.88. The van der Waals surface area contributed by atoms with E-state index in [1.54, 1.807) is 0 Å². The molecule has 0 radical (unpaired) electrons. The van der Waals surface area contributed by atoms with E-state index >= 15 is 0 Å². The highest BCUT2D eigenvalue weighted by molar-refractivity contribution is 5.54. The van der Waals surface area contributed by atoms with E-state index in [4.69, 9.17) is 9.72 Å². The highest BCUT2D eigenvalue weighted by Crippen LogP contribution is 2.32. The first-order valence-electron chi connectivity index (χ1n) is 8.71. The molecule has 1 saturated heterocycles. The molecule has 0 amide bonds. The van der Waals surface area contributed by atoms with Crippen LogP contribution in [0, 0.1) is 6.92 Å². The quantitative estimate of drug-likeness (QED) is 0.873. The SMILES string of the molecule is Cc1nc2c(c(N3CCC[C@@H](O)CC3)n1)Cc1ccccc1OC2. The maximum absolute atomic E-state index is 9.94. The first-order valence-corrected chi connectivity index (χ1v) is 8.71. The van der Waals surface area contributed by atoms with Gasteiger partial charge in [-0.25, -0.2) is 9.97 Å². The second-order valence-corrected chi connectivity index (χ2v) is 6.66. The lowest BCUT2D eigenvalue weighted by Gasteiger charge is -2.25. The molecule has 0 aliphatic carbocycles. The van der Waals surface area contributed by atoms with Gasteiger partial charge in [0, 0.05) is 25.1 Å². The Bertz CT molecular complexity index is 747. The fraction of sp³-hybridized carbons (Fsp3) is 0.474. The summed E-state index contributed by atoms with van der Waals surface area (Å²) < 4.78 is 5.97. The molecule has 2 aliphatic rings. The van der Waals surface area contributed by atoms with Crippen molar-refractivity contribution in [2.75, 3.05) is 18.0 Å². The van der Waals surface area contributed by atoms with Crippen LogP contribution in [0.3, 0.4) is 0 Å². The van der Waals surface area contributed by atoms with Crippen LogP contribution in [0.25, 0.3) is 0 Å². The van der Waals surface area contributed by atoms with Crippen LogP contribution in [0.2, 0.25) is 0 Å². The minimum atomic E-state index is -0.194. The fourth-order valence-electron chi connectivity index (χ4n) is 3.62. The van der Waals surface area contributed by atoms with Crippen molar-refractivity contribution < 1.29 is 9.84 Å². The lowest BCUT2D eigenvalue weighted by atomic mass is 10.0. The summed E-state index contributed by atoms with van der Waals surface area (Å²) in [5.74, 6) is 2.74. The van der Waals surface area contributed by atoms with Gasteiger partial charge in [-0.05, 0) is 37.8 Å². The van der Waals surface area contributed by atoms with Crippen molar-refractivity contribution in [2.24, 2.45) is 0 Å². The highest BCUT2D eigenvalue weighted by Gasteiger charge is 2.24. The van der Waals surface area contributed by atoms with E-state index in [-0.39, 0.29) is 6.10 Å². The van der Waals surface area contributed by atoms with Crippen LogP contribution in [0.15, 0.2) is 24.3 Å². The monoisotopic (exact) mass is 325 g/mol. The number of benzene rings is 1. The number of rotatable bonds is 1. The standard InChI is InChI=1S/C19H23N3O2/c1-13-20-17-12-24-18-7-3-2-5-14(18)11-16(17)19(21-13)22-9-4-6-15(23)8-10-22/h2-3,5,7,15,23H,4,6,8-12H2,1H3/t15-/m1/s1. The molecule has 0 bridgehead atoms. The van der Waals surface area contributed by atoms with Crippen molar-refractivity contribution in [3.05, 3.63) is 46.9 Å². The number of anilines is 1. The van der Waals surface area contributed by atoms with Crippen molar-refractivity contribution in [3.8, 4) is 5.75 Å². The predicted molar refractivity (Wildman–Crippen MR) is 92.4 cm³/mol. The first kappa shape index (κ1) is 15.4. The molecule has 0 spiro atoms. The topological polar surface area (TPSA) is 58.5 Å². The lowest BCUT2D eigenvalue weighted by Crippen LogP contribution is -2.28. The third-order valence-corrected chi connectivity index (χ3v) is 4.88. The molecule has 4 rings (SSSR count). The molecule has 2 aliphatic heterocycles. The molecule has 5 heteroatoms. The molecule has 3 heterocycles. The van der Waals surface area contributed by atoms with E-state index in [1.165, 1.54) is 11.1 Å². The molecule has 24 heavy (non-hydrogen) atoms. The van der Waals surface area contributed by atoms with E-state index < -0.39 is 0 Å². The number of hydrogen-bond acceptors (Lipinski definition) is 5. The maximum atomic E-state index is 9.94. The molecule has 1 aromatic heterocycles. The van der Waals surface area contributed by atoms with Gasteiger partial charge in [0.1, 0.15) is 24.0 Å².